The van der Waals surface area contributed by atoms with Gasteiger partial charge in [0, 0.05) is 16.7 Å². The number of anilines is 1. The Kier molecular flexibility index (Phi) is 3.61. The van der Waals surface area contributed by atoms with Crippen molar-refractivity contribution >= 4 is 21.6 Å². The number of aryl methyl sites for hydroxylation is 1. The summed E-state index contributed by atoms with van der Waals surface area (Å²) >= 11 is 3.64. The summed E-state index contributed by atoms with van der Waals surface area (Å²) in [5.74, 6) is 0.825. The Morgan fingerprint density at radius 3 is 2.74 bits per heavy atom. The van der Waals surface area contributed by atoms with E-state index in [9.17, 15) is 0 Å². The maximum Gasteiger partial charge on any atom is 0.0490 e. The minimum Gasteiger partial charge on any atom is -0.380 e. The highest BCUT2D eigenvalue weighted by molar-refractivity contribution is 9.10. The second-order valence-electron chi connectivity index (χ2n) is 5.31. The molecule has 0 aliphatic heterocycles. The Bertz CT molecular complexity index is 588. The van der Waals surface area contributed by atoms with E-state index in [-0.39, 0.29) is 0 Å². The lowest BCUT2D eigenvalue weighted by atomic mass is 10.1. The van der Waals surface area contributed by atoms with Gasteiger partial charge in [0.05, 0.1) is 0 Å². The highest BCUT2D eigenvalue weighted by Gasteiger charge is 2.23. The van der Waals surface area contributed by atoms with Crippen molar-refractivity contribution < 1.29 is 0 Å². The molecular weight excluding hydrogens is 298 g/mol. The first-order valence-electron chi connectivity index (χ1n) is 6.82. The van der Waals surface area contributed by atoms with Gasteiger partial charge in [0.25, 0.3) is 0 Å². The summed E-state index contributed by atoms with van der Waals surface area (Å²) in [5.41, 5.74) is 5.29. The van der Waals surface area contributed by atoms with Crippen molar-refractivity contribution in [3.63, 3.8) is 0 Å². The van der Waals surface area contributed by atoms with Crippen LogP contribution in [0.15, 0.2) is 46.9 Å². The third-order valence-corrected chi connectivity index (χ3v) is 4.73. The maximum atomic E-state index is 3.64. The molecule has 1 nitrogen and oxygen atoms in total. The minimum atomic E-state index is 0.825. The van der Waals surface area contributed by atoms with Gasteiger partial charge < -0.3 is 5.32 Å². The van der Waals surface area contributed by atoms with E-state index in [1.54, 1.807) is 0 Å². The zero-order chi connectivity index (χ0) is 13.2. The number of hydrogen-bond acceptors (Lipinski definition) is 1. The molecule has 1 fully saturated rings. The van der Waals surface area contributed by atoms with Crippen LogP contribution in [0.2, 0.25) is 0 Å². The SMILES string of the molecule is Cc1cccc(NCc2cccc(C3CC3)c2)c1Br. The van der Waals surface area contributed by atoms with Crippen LogP contribution >= 0.6 is 15.9 Å². The van der Waals surface area contributed by atoms with E-state index in [4.69, 9.17) is 0 Å². The molecule has 0 spiro atoms. The van der Waals surface area contributed by atoms with Gasteiger partial charge in [-0.25, -0.2) is 0 Å². The van der Waals surface area contributed by atoms with E-state index >= 15 is 0 Å². The van der Waals surface area contributed by atoms with Gasteiger partial charge >= 0.3 is 0 Å². The lowest BCUT2D eigenvalue weighted by molar-refractivity contribution is 1.08. The molecule has 2 heteroatoms. The summed E-state index contributed by atoms with van der Waals surface area (Å²) in [6, 6.07) is 15.3. The Labute approximate surface area is 123 Å². The molecular formula is C17H18BrN. The second kappa shape index (κ2) is 5.38. The minimum absolute atomic E-state index is 0.825. The smallest absolute Gasteiger partial charge is 0.0490 e. The van der Waals surface area contributed by atoms with E-state index in [0.717, 1.165) is 22.6 Å². The third kappa shape index (κ3) is 3.01. The number of benzene rings is 2. The largest absolute Gasteiger partial charge is 0.380 e. The Hall–Kier alpha value is -1.28. The zero-order valence-electron chi connectivity index (χ0n) is 11.1. The molecule has 0 heterocycles. The molecule has 1 N–H and O–H groups in total. The molecule has 1 saturated carbocycles. The summed E-state index contributed by atoms with van der Waals surface area (Å²) in [4.78, 5) is 0. The first-order chi connectivity index (χ1) is 9.24. The molecule has 1 aliphatic rings. The molecule has 2 aromatic carbocycles. The van der Waals surface area contributed by atoms with E-state index in [0.29, 0.717) is 0 Å². The van der Waals surface area contributed by atoms with Crippen LogP contribution in [0.5, 0.6) is 0 Å². The molecule has 0 unspecified atom stereocenters. The fourth-order valence-corrected chi connectivity index (χ4v) is 2.76. The molecule has 0 aromatic heterocycles. The molecule has 3 rings (SSSR count). The van der Waals surface area contributed by atoms with E-state index in [1.165, 1.54) is 29.5 Å². The van der Waals surface area contributed by atoms with Gasteiger partial charge in [0.15, 0.2) is 0 Å². The van der Waals surface area contributed by atoms with Gasteiger partial charge in [0.2, 0.25) is 0 Å². The van der Waals surface area contributed by atoms with Gasteiger partial charge in [0.1, 0.15) is 0 Å². The Morgan fingerprint density at radius 2 is 1.95 bits per heavy atom. The molecule has 0 atom stereocenters. The lowest BCUT2D eigenvalue weighted by Gasteiger charge is -2.11. The predicted octanol–water partition coefficient (Wildman–Crippen LogP) is 5.25. The first-order valence-corrected chi connectivity index (χ1v) is 7.61. The van der Waals surface area contributed by atoms with Gasteiger partial charge in [-0.1, -0.05) is 36.4 Å². The van der Waals surface area contributed by atoms with Crippen LogP contribution in [-0.4, -0.2) is 0 Å². The van der Waals surface area contributed by atoms with Crippen molar-refractivity contribution in [3.8, 4) is 0 Å². The van der Waals surface area contributed by atoms with Crippen LogP contribution < -0.4 is 5.32 Å². The summed E-state index contributed by atoms with van der Waals surface area (Å²) in [7, 11) is 0. The van der Waals surface area contributed by atoms with Crippen molar-refractivity contribution in [1.29, 1.82) is 0 Å². The summed E-state index contributed by atoms with van der Waals surface area (Å²) < 4.78 is 1.16. The fourth-order valence-electron chi connectivity index (χ4n) is 2.35. The van der Waals surface area contributed by atoms with Crippen molar-refractivity contribution in [3.05, 3.63) is 63.6 Å². The third-order valence-electron chi connectivity index (χ3n) is 3.67. The molecule has 2 aromatic rings. The van der Waals surface area contributed by atoms with Crippen molar-refractivity contribution in [2.24, 2.45) is 0 Å². The lowest BCUT2D eigenvalue weighted by Crippen LogP contribution is -2.01. The fraction of sp³-hybridized carbons (Fsp3) is 0.294. The molecule has 1 aliphatic carbocycles. The molecule has 98 valence electrons. The standard InChI is InChI=1S/C17H18BrN/c1-12-4-2-7-16(17(12)18)19-11-13-5-3-6-15(10-13)14-8-9-14/h2-7,10,14,19H,8-9,11H2,1H3. The van der Waals surface area contributed by atoms with Crippen LogP contribution in [-0.2, 0) is 6.54 Å². The number of rotatable bonds is 4. The van der Waals surface area contributed by atoms with Gasteiger partial charge in [-0.15, -0.1) is 0 Å². The van der Waals surface area contributed by atoms with E-state index in [2.05, 4.69) is 70.6 Å². The highest BCUT2D eigenvalue weighted by atomic mass is 79.9. The first kappa shape index (κ1) is 12.7. The number of nitrogens with one attached hydrogen (secondary N) is 1. The molecule has 0 amide bonds. The average Bonchev–Trinajstić information content (AvgIpc) is 3.25. The average molecular weight is 316 g/mol. The summed E-state index contributed by atoms with van der Waals surface area (Å²) in [5, 5.41) is 3.51. The molecule has 0 saturated heterocycles. The summed E-state index contributed by atoms with van der Waals surface area (Å²) in [6.07, 6.45) is 2.72. The Morgan fingerprint density at radius 1 is 1.16 bits per heavy atom. The van der Waals surface area contributed by atoms with Gasteiger partial charge in [-0.05, 0) is 64.4 Å². The number of hydrogen-bond donors (Lipinski definition) is 1. The maximum absolute atomic E-state index is 3.64. The topological polar surface area (TPSA) is 12.0 Å². The van der Waals surface area contributed by atoms with Crippen LogP contribution in [0.3, 0.4) is 0 Å². The van der Waals surface area contributed by atoms with Crippen LogP contribution in [0, 0.1) is 6.92 Å². The highest BCUT2D eigenvalue weighted by Crippen LogP contribution is 2.40. The van der Waals surface area contributed by atoms with Gasteiger partial charge in [-0.2, -0.15) is 0 Å². The monoisotopic (exact) mass is 315 g/mol. The second-order valence-corrected chi connectivity index (χ2v) is 6.10. The molecule has 0 radical (unpaired) electrons. The van der Waals surface area contributed by atoms with Crippen molar-refractivity contribution in [1.82, 2.24) is 0 Å². The number of halogens is 1. The zero-order valence-corrected chi connectivity index (χ0v) is 12.7. The van der Waals surface area contributed by atoms with Gasteiger partial charge in [-0.3, -0.25) is 0 Å². The summed E-state index contributed by atoms with van der Waals surface area (Å²) in [6.45, 7) is 2.99. The molecule has 0 bridgehead atoms. The van der Waals surface area contributed by atoms with Crippen molar-refractivity contribution in [2.75, 3.05) is 5.32 Å². The quantitative estimate of drug-likeness (QED) is 0.812. The van der Waals surface area contributed by atoms with E-state index < -0.39 is 0 Å². The van der Waals surface area contributed by atoms with Crippen LogP contribution in [0.4, 0.5) is 5.69 Å². The normalized spacial score (nSPS) is 14.4. The van der Waals surface area contributed by atoms with E-state index in [1.807, 2.05) is 0 Å². The Balaban J connectivity index is 1.71. The predicted molar refractivity (Wildman–Crippen MR) is 84.6 cm³/mol. The van der Waals surface area contributed by atoms with Crippen molar-refractivity contribution in [2.45, 2.75) is 32.2 Å². The van der Waals surface area contributed by atoms with Crippen LogP contribution in [0.1, 0.15) is 35.4 Å². The van der Waals surface area contributed by atoms with Crippen LogP contribution in [0.25, 0.3) is 0 Å². The molecule has 19 heavy (non-hydrogen) atoms.